The minimum Gasteiger partial charge on any atom is -0.431 e. The zero-order valence-electron chi connectivity index (χ0n) is 17.8. The van der Waals surface area contributed by atoms with Gasteiger partial charge in [0.15, 0.2) is 5.75 Å². The van der Waals surface area contributed by atoms with Gasteiger partial charge in [0.05, 0.1) is 10.6 Å². The van der Waals surface area contributed by atoms with Crippen molar-refractivity contribution in [2.24, 2.45) is 0 Å². The number of rotatable bonds is 5. The SMILES string of the molecule is O=[N+]([O-])c1c(Oc2ccc(Br)c3cccnc23)ncnc1N1CCN(c2ccccc2F)CC1. The normalized spacial score (nSPS) is 13.8. The lowest BCUT2D eigenvalue weighted by Gasteiger charge is -2.36. The first-order valence-electron chi connectivity index (χ1n) is 10.5. The van der Waals surface area contributed by atoms with Crippen LogP contribution >= 0.6 is 15.9 Å². The lowest BCUT2D eigenvalue weighted by molar-refractivity contribution is -0.385. The number of benzene rings is 2. The molecule has 5 rings (SSSR count). The van der Waals surface area contributed by atoms with Gasteiger partial charge in [-0.05, 0) is 30.3 Å². The van der Waals surface area contributed by atoms with Gasteiger partial charge in [-0.15, -0.1) is 0 Å². The van der Waals surface area contributed by atoms with E-state index in [1.165, 1.54) is 12.4 Å². The molecule has 4 aromatic rings. The van der Waals surface area contributed by atoms with Gasteiger partial charge < -0.3 is 14.5 Å². The fourth-order valence-electron chi connectivity index (χ4n) is 3.99. The van der Waals surface area contributed by atoms with E-state index < -0.39 is 4.92 Å². The Bertz CT molecular complexity index is 1380. The Morgan fingerprint density at radius 3 is 2.50 bits per heavy atom. The molecule has 0 bridgehead atoms. The summed E-state index contributed by atoms with van der Waals surface area (Å²) in [7, 11) is 0. The Morgan fingerprint density at radius 2 is 1.74 bits per heavy atom. The minimum atomic E-state index is -0.539. The number of anilines is 2. The van der Waals surface area contributed by atoms with Crippen LogP contribution < -0.4 is 14.5 Å². The molecule has 0 aliphatic carbocycles. The molecule has 34 heavy (non-hydrogen) atoms. The Morgan fingerprint density at radius 1 is 0.971 bits per heavy atom. The molecule has 11 heteroatoms. The molecule has 9 nitrogen and oxygen atoms in total. The monoisotopic (exact) mass is 524 g/mol. The van der Waals surface area contributed by atoms with E-state index >= 15 is 0 Å². The number of pyridine rings is 1. The largest absolute Gasteiger partial charge is 0.431 e. The highest BCUT2D eigenvalue weighted by molar-refractivity contribution is 9.10. The van der Waals surface area contributed by atoms with Gasteiger partial charge in [-0.1, -0.05) is 34.1 Å². The lowest BCUT2D eigenvalue weighted by Crippen LogP contribution is -2.47. The van der Waals surface area contributed by atoms with Crippen molar-refractivity contribution < 1.29 is 14.1 Å². The zero-order valence-corrected chi connectivity index (χ0v) is 19.4. The second-order valence-electron chi connectivity index (χ2n) is 7.58. The Balaban J connectivity index is 1.44. The molecule has 0 saturated carbocycles. The van der Waals surface area contributed by atoms with E-state index in [0.717, 1.165) is 9.86 Å². The minimum absolute atomic E-state index is 0.164. The van der Waals surface area contributed by atoms with Crippen LogP contribution in [0.25, 0.3) is 10.9 Å². The highest BCUT2D eigenvalue weighted by atomic mass is 79.9. The molecule has 3 heterocycles. The maximum Gasteiger partial charge on any atom is 0.373 e. The zero-order chi connectivity index (χ0) is 23.7. The number of piperazine rings is 1. The van der Waals surface area contributed by atoms with Gasteiger partial charge in [0, 0.05) is 42.2 Å². The van der Waals surface area contributed by atoms with Crippen LogP contribution in [0.4, 0.5) is 21.6 Å². The van der Waals surface area contributed by atoms with Crippen molar-refractivity contribution in [3.05, 3.63) is 81.5 Å². The van der Waals surface area contributed by atoms with Crippen molar-refractivity contribution in [3.8, 4) is 11.6 Å². The average molecular weight is 525 g/mol. The van der Waals surface area contributed by atoms with Crippen molar-refractivity contribution in [2.45, 2.75) is 0 Å². The van der Waals surface area contributed by atoms with E-state index in [-0.39, 0.29) is 23.2 Å². The average Bonchev–Trinajstić information content (AvgIpc) is 2.86. The fraction of sp³-hybridized carbons (Fsp3) is 0.174. The third-order valence-electron chi connectivity index (χ3n) is 5.61. The summed E-state index contributed by atoms with van der Waals surface area (Å²) in [6.45, 7) is 1.82. The molecule has 1 fully saturated rings. The van der Waals surface area contributed by atoms with Crippen molar-refractivity contribution in [2.75, 3.05) is 36.0 Å². The van der Waals surface area contributed by atoms with E-state index in [4.69, 9.17) is 4.74 Å². The van der Waals surface area contributed by atoms with Crippen LogP contribution in [0.3, 0.4) is 0 Å². The van der Waals surface area contributed by atoms with Crippen LogP contribution in [0.15, 0.2) is 65.5 Å². The number of aromatic nitrogens is 3. The second-order valence-corrected chi connectivity index (χ2v) is 8.44. The number of nitro groups is 1. The summed E-state index contributed by atoms with van der Waals surface area (Å²) in [6.07, 6.45) is 2.87. The van der Waals surface area contributed by atoms with Gasteiger partial charge in [-0.2, -0.15) is 4.98 Å². The van der Waals surface area contributed by atoms with Crippen molar-refractivity contribution in [1.29, 1.82) is 0 Å². The third-order valence-corrected chi connectivity index (χ3v) is 6.30. The molecule has 172 valence electrons. The number of halogens is 2. The number of hydrogen-bond donors (Lipinski definition) is 0. The van der Waals surface area contributed by atoms with Crippen LogP contribution in [0.2, 0.25) is 0 Å². The Kier molecular flexibility index (Phi) is 5.93. The quantitative estimate of drug-likeness (QED) is 0.267. The molecule has 1 aliphatic rings. The molecular formula is C23H18BrFN6O3. The van der Waals surface area contributed by atoms with Crippen LogP contribution in [-0.2, 0) is 0 Å². The first kappa shape index (κ1) is 22.0. The van der Waals surface area contributed by atoms with Crippen molar-refractivity contribution in [1.82, 2.24) is 15.0 Å². The van der Waals surface area contributed by atoms with E-state index in [1.54, 1.807) is 47.5 Å². The van der Waals surface area contributed by atoms with Crippen LogP contribution in [0.5, 0.6) is 11.6 Å². The summed E-state index contributed by atoms with van der Waals surface area (Å²) in [4.78, 5) is 27.8. The maximum atomic E-state index is 14.2. The highest BCUT2D eigenvalue weighted by Gasteiger charge is 2.31. The van der Waals surface area contributed by atoms with Crippen LogP contribution in [0, 0.1) is 15.9 Å². The Labute approximate surface area is 202 Å². The maximum absolute atomic E-state index is 14.2. The number of fused-ring (bicyclic) bond motifs is 1. The first-order chi connectivity index (χ1) is 16.5. The molecule has 0 spiro atoms. The predicted octanol–water partition coefficient (Wildman–Crippen LogP) is 4.95. The number of para-hydroxylation sites is 1. The molecule has 0 unspecified atom stereocenters. The van der Waals surface area contributed by atoms with E-state index in [9.17, 15) is 14.5 Å². The van der Waals surface area contributed by atoms with E-state index in [1.807, 2.05) is 11.0 Å². The molecule has 2 aromatic heterocycles. The summed E-state index contributed by atoms with van der Waals surface area (Å²) < 4.78 is 20.9. The van der Waals surface area contributed by atoms with E-state index in [0.29, 0.717) is 43.1 Å². The van der Waals surface area contributed by atoms with E-state index in [2.05, 4.69) is 30.9 Å². The first-order valence-corrected chi connectivity index (χ1v) is 11.3. The molecular weight excluding hydrogens is 507 g/mol. The van der Waals surface area contributed by atoms with Crippen molar-refractivity contribution >= 4 is 44.0 Å². The van der Waals surface area contributed by atoms with Gasteiger partial charge in [-0.3, -0.25) is 15.1 Å². The van der Waals surface area contributed by atoms with Gasteiger partial charge >= 0.3 is 11.6 Å². The standard InChI is InChI=1S/C23H18BrFN6O3/c24-16-7-8-19(20-15(16)4-3-9-26-20)34-23-21(31(32)33)22(27-14-28-23)30-12-10-29(11-13-30)18-6-2-1-5-17(18)25/h1-9,14H,10-13H2. The van der Waals surface area contributed by atoms with Gasteiger partial charge in [0.2, 0.25) is 5.82 Å². The van der Waals surface area contributed by atoms with Crippen molar-refractivity contribution in [3.63, 3.8) is 0 Å². The number of nitrogens with zero attached hydrogens (tertiary/aromatic N) is 6. The smallest absolute Gasteiger partial charge is 0.373 e. The molecule has 1 aliphatic heterocycles. The fourth-order valence-corrected chi connectivity index (χ4v) is 4.44. The summed E-state index contributed by atoms with van der Waals surface area (Å²) in [6, 6.07) is 13.7. The highest BCUT2D eigenvalue weighted by Crippen LogP contribution is 2.39. The second kappa shape index (κ2) is 9.18. The number of hydrogen-bond acceptors (Lipinski definition) is 8. The molecule has 0 N–H and O–H groups in total. The summed E-state index contributed by atoms with van der Waals surface area (Å²) in [5, 5.41) is 12.9. The third kappa shape index (κ3) is 4.10. The molecule has 0 atom stereocenters. The summed E-state index contributed by atoms with van der Waals surface area (Å²) in [5.74, 6) is 0.0456. The predicted molar refractivity (Wildman–Crippen MR) is 129 cm³/mol. The molecule has 1 saturated heterocycles. The van der Waals surface area contributed by atoms with Crippen LogP contribution in [0.1, 0.15) is 0 Å². The van der Waals surface area contributed by atoms with Gasteiger partial charge in [-0.25, -0.2) is 9.37 Å². The molecule has 0 radical (unpaired) electrons. The molecule has 0 amide bonds. The lowest BCUT2D eigenvalue weighted by atomic mass is 10.2. The van der Waals surface area contributed by atoms with Gasteiger partial charge in [0.1, 0.15) is 17.7 Å². The molecule has 2 aromatic carbocycles. The number of ether oxygens (including phenoxy) is 1. The topological polar surface area (TPSA) is 97.5 Å². The van der Waals surface area contributed by atoms with Gasteiger partial charge in [0.25, 0.3) is 0 Å². The summed E-state index contributed by atoms with van der Waals surface area (Å²) in [5.41, 5.74) is 0.733. The summed E-state index contributed by atoms with van der Waals surface area (Å²) >= 11 is 3.48. The Hall–Kier alpha value is -3.86. The van der Waals surface area contributed by atoms with Crippen LogP contribution in [-0.4, -0.2) is 46.1 Å².